The lowest BCUT2D eigenvalue weighted by atomic mass is 10.2. The number of pyridine rings is 1. The monoisotopic (exact) mass is 153 g/mol. The highest BCUT2D eigenvalue weighted by Crippen LogP contribution is 2.09. The summed E-state index contributed by atoms with van der Waals surface area (Å²) in [4.78, 5) is 3.93. The molecule has 0 saturated carbocycles. The summed E-state index contributed by atoms with van der Waals surface area (Å²) in [5, 5.41) is 0. The molecule has 52 valence electrons. The summed E-state index contributed by atoms with van der Waals surface area (Å²) >= 11 is 5.62. The third-order valence-corrected chi connectivity index (χ3v) is 1.59. The Balaban J connectivity index is 3.08. The van der Waals surface area contributed by atoms with Crippen LogP contribution in [0.3, 0.4) is 0 Å². The molecule has 0 radical (unpaired) electrons. The van der Waals surface area contributed by atoms with Crippen LogP contribution in [-0.2, 0) is 5.88 Å². The van der Waals surface area contributed by atoms with Crippen molar-refractivity contribution in [2.75, 3.05) is 0 Å². The Morgan fingerprint density at radius 1 is 1.70 bits per heavy atom. The molecule has 1 aromatic rings. The molecule has 1 rings (SSSR count). The first-order valence-electron chi connectivity index (χ1n) is 2.99. The van der Waals surface area contributed by atoms with Crippen molar-refractivity contribution in [3.05, 3.63) is 36.2 Å². The molecule has 0 aliphatic carbocycles. The van der Waals surface area contributed by atoms with Gasteiger partial charge in [-0.05, 0) is 17.2 Å². The van der Waals surface area contributed by atoms with E-state index >= 15 is 0 Å². The maximum Gasteiger partial charge on any atom is 0.0495 e. The molecule has 0 aliphatic heterocycles. The van der Waals surface area contributed by atoms with Gasteiger partial charge in [0, 0.05) is 18.3 Å². The lowest BCUT2D eigenvalue weighted by Crippen LogP contribution is -1.84. The second kappa shape index (κ2) is 3.37. The van der Waals surface area contributed by atoms with Crippen LogP contribution in [0, 0.1) is 0 Å². The van der Waals surface area contributed by atoms with Gasteiger partial charge in [-0.15, -0.1) is 11.6 Å². The summed E-state index contributed by atoms with van der Waals surface area (Å²) in [6.07, 6.45) is 5.26. The molecule has 0 unspecified atom stereocenters. The average Bonchev–Trinajstić information content (AvgIpc) is 2.04. The van der Waals surface area contributed by atoms with Gasteiger partial charge in [-0.1, -0.05) is 12.7 Å². The van der Waals surface area contributed by atoms with E-state index in [1.165, 1.54) is 0 Å². The van der Waals surface area contributed by atoms with Crippen LogP contribution >= 0.6 is 11.6 Å². The predicted molar refractivity (Wildman–Crippen MR) is 43.9 cm³/mol. The van der Waals surface area contributed by atoms with E-state index in [-0.39, 0.29) is 0 Å². The minimum absolute atomic E-state index is 0.495. The fourth-order valence-corrected chi connectivity index (χ4v) is 0.972. The van der Waals surface area contributed by atoms with Crippen molar-refractivity contribution in [2.45, 2.75) is 5.88 Å². The van der Waals surface area contributed by atoms with Crippen molar-refractivity contribution >= 4 is 17.7 Å². The summed E-state index contributed by atoms with van der Waals surface area (Å²) in [5.41, 5.74) is 2.09. The van der Waals surface area contributed by atoms with Crippen LogP contribution in [0.1, 0.15) is 11.1 Å². The summed E-state index contributed by atoms with van der Waals surface area (Å²) in [7, 11) is 0. The fourth-order valence-electron chi connectivity index (χ4n) is 0.749. The van der Waals surface area contributed by atoms with Gasteiger partial charge in [0.05, 0.1) is 0 Å². The maximum atomic E-state index is 5.62. The van der Waals surface area contributed by atoms with Gasteiger partial charge >= 0.3 is 0 Å². The molecule has 1 nitrogen and oxygen atoms in total. The van der Waals surface area contributed by atoms with E-state index in [1.807, 2.05) is 6.07 Å². The molecule has 1 aromatic heterocycles. The van der Waals surface area contributed by atoms with Crippen molar-refractivity contribution in [1.82, 2.24) is 4.98 Å². The molecule has 0 aromatic carbocycles. The molecule has 0 spiro atoms. The van der Waals surface area contributed by atoms with E-state index in [0.29, 0.717) is 5.88 Å². The Morgan fingerprint density at radius 3 is 3.00 bits per heavy atom. The van der Waals surface area contributed by atoms with Crippen LogP contribution in [-0.4, -0.2) is 4.98 Å². The molecule has 2 heteroatoms. The van der Waals surface area contributed by atoms with E-state index in [2.05, 4.69) is 11.6 Å². The first-order valence-corrected chi connectivity index (χ1v) is 3.53. The number of halogens is 1. The van der Waals surface area contributed by atoms with Gasteiger partial charge in [-0.25, -0.2) is 0 Å². The van der Waals surface area contributed by atoms with Gasteiger partial charge in [0.2, 0.25) is 0 Å². The highest BCUT2D eigenvalue weighted by atomic mass is 35.5. The average molecular weight is 154 g/mol. The molecule has 0 amide bonds. The van der Waals surface area contributed by atoms with Crippen molar-refractivity contribution in [3.8, 4) is 0 Å². The van der Waals surface area contributed by atoms with E-state index in [1.54, 1.807) is 18.5 Å². The zero-order valence-corrected chi connectivity index (χ0v) is 6.30. The van der Waals surface area contributed by atoms with E-state index in [9.17, 15) is 0 Å². The fraction of sp³-hybridized carbons (Fsp3) is 0.125. The molecular formula is C8H8ClN. The van der Waals surface area contributed by atoms with E-state index in [0.717, 1.165) is 11.1 Å². The molecular weight excluding hydrogens is 146 g/mol. The Hall–Kier alpha value is -0.820. The van der Waals surface area contributed by atoms with Crippen LogP contribution in [0.4, 0.5) is 0 Å². The number of hydrogen-bond donors (Lipinski definition) is 0. The third-order valence-electron chi connectivity index (χ3n) is 1.31. The molecule has 0 saturated heterocycles. The van der Waals surface area contributed by atoms with Crippen LogP contribution in [0.15, 0.2) is 25.0 Å². The molecule has 0 aliphatic rings. The number of aromatic nitrogens is 1. The minimum atomic E-state index is 0.495. The van der Waals surface area contributed by atoms with Crippen LogP contribution in [0.2, 0.25) is 0 Å². The quantitative estimate of drug-likeness (QED) is 0.595. The topological polar surface area (TPSA) is 12.9 Å². The third kappa shape index (κ3) is 1.36. The minimum Gasteiger partial charge on any atom is -0.264 e. The first kappa shape index (κ1) is 7.29. The van der Waals surface area contributed by atoms with E-state index in [4.69, 9.17) is 11.6 Å². The predicted octanol–water partition coefficient (Wildman–Crippen LogP) is 2.46. The largest absolute Gasteiger partial charge is 0.264 e. The number of hydrogen-bond acceptors (Lipinski definition) is 1. The summed E-state index contributed by atoms with van der Waals surface area (Å²) in [5.74, 6) is 0.495. The van der Waals surface area contributed by atoms with Gasteiger partial charge in [-0.2, -0.15) is 0 Å². The molecule has 0 N–H and O–H groups in total. The zero-order chi connectivity index (χ0) is 7.40. The SMILES string of the molecule is C=Cc1ccncc1CCl. The maximum absolute atomic E-state index is 5.62. The standard InChI is InChI=1S/C8H8ClN/c1-2-7-3-4-10-6-8(7)5-9/h2-4,6H,1,5H2. The highest BCUT2D eigenvalue weighted by Gasteiger charge is 1.94. The second-order valence-electron chi connectivity index (χ2n) is 1.91. The van der Waals surface area contributed by atoms with Crippen molar-refractivity contribution in [1.29, 1.82) is 0 Å². The summed E-state index contributed by atoms with van der Waals surface area (Å²) in [6.45, 7) is 3.65. The van der Waals surface area contributed by atoms with Gasteiger partial charge in [-0.3, -0.25) is 4.98 Å². The van der Waals surface area contributed by atoms with Crippen molar-refractivity contribution < 1.29 is 0 Å². The summed E-state index contributed by atoms with van der Waals surface area (Å²) < 4.78 is 0. The Bertz CT molecular complexity index is 232. The number of nitrogens with zero attached hydrogens (tertiary/aromatic N) is 1. The van der Waals surface area contributed by atoms with Crippen LogP contribution < -0.4 is 0 Å². The van der Waals surface area contributed by atoms with Crippen LogP contribution in [0.5, 0.6) is 0 Å². The Morgan fingerprint density at radius 2 is 2.50 bits per heavy atom. The normalized spacial score (nSPS) is 9.30. The zero-order valence-electron chi connectivity index (χ0n) is 5.55. The molecule has 0 fully saturated rings. The molecule has 0 atom stereocenters. The molecule has 0 bridgehead atoms. The second-order valence-corrected chi connectivity index (χ2v) is 2.18. The summed E-state index contributed by atoms with van der Waals surface area (Å²) in [6, 6.07) is 1.89. The van der Waals surface area contributed by atoms with Crippen molar-refractivity contribution in [3.63, 3.8) is 0 Å². The van der Waals surface area contributed by atoms with Gasteiger partial charge in [0.25, 0.3) is 0 Å². The van der Waals surface area contributed by atoms with E-state index < -0.39 is 0 Å². The number of rotatable bonds is 2. The van der Waals surface area contributed by atoms with Crippen LogP contribution in [0.25, 0.3) is 6.08 Å². The highest BCUT2D eigenvalue weighted by molar-refractivity contribution is 6.17. The lowest BCUT2D eigenvalue weighted by molar-refractivity contribution is 1.24. The molecule has 10 heavy (non-hydrogen) atoms. The van der Waals surface area contributed by atoms with Gasteiger partial charge in [0.15, 0.2) is 0 Å². The smallest absolute Gasteiger partial charge is 0.0495 e. The Kier molecular flexibility index (Phi) is 2.46. The van der Waals surface area contributed by atoms with Gasteiger partial charge in [0.1, 0.15) is 0 Å². The van der Waals surface area contributed by atoms with Crippen molar-refractivity contribution in [2.24, 2.45) is 0 Å². The molecule has 1 heterocycles. The lowest BCUT2D eigenvalue weighted by Gasteiger charge is -1.97. The Labute approximate surface area is 65.4 Å². The number of alkyl halides is 1. The first-order chi connectivity index (χ1) is 4.88. The van der Waals surface area contributed by atoms with Gasteiger partial charge < -0.3 is 0 Å².